The maximum atomic E-state index is 11.7. The summed E-state index contributed by atoms with van der Waals surface area (Å²) in [6.45, 7) is -0.0557. The van der Waals surface area contributed by atoms with Crippen molar-refractivity contribution in [2.24, 2.45) is 5.92 Å². The van der Waals surface area contributed by atoms with Crippen molar-refractivity contribution in [2.75, 3.05) is 6.61 Å². The molecule has 0 bridgehead atoms. The molecule has 3 atom stereocenters. The van der Waals surface area contributed by atoms with E-state index in [4.69, 9.17) is 9.52 Å². The van der Waals surface area contributed by atoms with Gasteiger partial charge in [0.2, 0.25) is 0 Å². The third-order valence-electron chi connectivity index (χ3n) is 3.02. The van der Waals surface area contributed by atoms with E-state index in [0.717, 1.165) is 0 Å². The molecule has 0 aromatic carbocycles. The topological polar surface area (TPSA) is 82.7 Å². The van der Waals surface area contributed by atoms with Gasteiger partial charge in [0.15, 0.2) is 10.4 Å². The maximum Gasteiger partial charge on any atom is 0.287 e. The normalized spacial score (nSPS) is 28.3. The standard InChI is InChI=1S/C11H14BrNO4/c12-10-2-1-9(17-10)11(16)13-7-3-6(5-14)8(15)4-7/h1-2,6-8,14-15H,3-5H2,(H,13,16)/t6-,7-,8+/m0/s1. The largest absolute Gasteiger partial charge is 0.444 e. The highest BCUT2D eigenvalue weighted by Crippen LogP contribution is 2.26. The van der Waals surface area contributed by atoms with Gasteiger partial charge < -0.3 is 19.9 Å². The van der Waals surface area contributed by atoms with Gasteiger partial charge in [0.25, 0.3) is 5.91 Å². The molecule has 1 amide bonds. The maximum absolute atomic E-state index is 11.7. The van der Waals surface area contributed by atoms with Crippen LogP contribution in [0, 0.1) is 5.92 Å². The molecule has 1 heterocycles. The highest BCUT2D eigenvalue weighted by atomic mass is 79.9. The lowest BCUT2D eigenvalue weighted by Gasteiger charge is -2.10. The fourth-order valence-corrected chi connectivity index (χ4v) is 2.42. The number of nitrogens with one attached hydrogen (secondary N) is 1. The number of amides is 1. The van der Waals surface area contributed by atoms with Gasteiger partial charge in [-0.05, 0) is 40.9 Å². The summed E-state index contributed by atoms with van der Waals surface area (Å²) in [5.74, 6) is -0.214. The SMILES string of the molecule is O=C(N[C@H]1C[C@@H](CO)[C@H](O)C1)c1ccc(Br)o1. The third-order valence-corrected chi connectivity index (χ3v) is 3.45. The second kappa shape index (κ2) is 5.20. The first kappa shape index (κ1) is 12.6. The number of carbonyl (C=O) groups is 1. The Morgan fingerprint density at radius 3 is 2.82 bits per heavy atom. The van der Waals surface area contributed by atoms with E-state index < -0.39 is 6.10 Å². The van der Waals surface area contributed by atoms with Gasteiger partial charge in [-0.15, -0.1) is 0 Å². The molecule has 94 valence electrons. The van der Waals surface area contributed by atoms with Crippen LogP contribution in [0.3, 0.4) is 0 Å². The number of hydrogen-bond donors (Lipinski definition) is 3. The zero-order valence-electron chi connectivity index (χ0n) is 9.10. The van der Waals surface area contributed by atoms with Crippen molar-refractivity contribution in [1.29, 1.82) is 0 Å². The molecule has 2 rings (SSSR count). The minimum atomic E-state index is -0.548. The Labute approximate surface area is 107 Å². The molecule has 0 spiro atoms. The van der Waals surface area contributed by atoms with E-state index in [1.54, 1.807) is 12.1 Å². The lowest BCUT2D eigenvalue weighted by molar-refractivity contribution is 0.0894. The Morgan fingerprint density at radius 2 is 2.29 bits per heavy atom. The van der Waals surface area contributed by atoms with E-state index in [2.05, 4.69) is 21.2 Å². The van der Waals surface area contributed by atoms with Crippen LogP contribution in [0.5, 0.6) is 0 Å². The molecule has 1 aromatic rings. The van der Waals surface area contributed by atoms with Gasteiger partial charge in [-0.3, -0.25) is 4.79 Å². The van der Waals surface area contributed by atoms with Crippen LogP contribution in [0.4, 0.5) is 0 Å². The molecule has 6 heteroatoms. The summed E-state index contributed by atoms with van der Waals surface area (Å²) in [4.78, 5) is 11.7. The zero-order valence-corrected chi connectivity index (χ0v) is 10.7. The smallest absolute Gasteiger partial charge is 0.287 e. The summed E-state index contributed by atoms with van der Waals surface area (Å²) in [6.07, 6.45) is 0.512. The molecule has 1 fully saturated rings. The highest BCUT2D eigenvalue weighted by molar-refractivity contribution is 9.10. The van der Waals surface area contributed by atoms with Gasteiger partial charge in [0, 0.05) is 18.6 Å². The monoisotopic (exact) mass is 303 g/mol. The van der Waals surface area contributed by atoms with Crippen LogP contribution in [0.2, 0.25) is 0 Å². The predicted molar refractivity (Wildman–Crippen MR) is 63.5 cm³/mol. The fourth-order valence-electron chi connectivity index (χ4n) is 2.11. The Kier molecular flexibility index (Phi) is 3.86. The van der Waals surface area contributed by atoms with Gasteiger partial charge in [-0.25, -0.2) is 0 Å². The van der Waals surface area contributed by atoms with Crippen LogP contribution in [-0.2, 0) is 0 Å². The molecule has 0 unspecified atom stereocenters. The number of carbonyl (C=O) groups excluding carboxylic acids is 1. The lowest BCUT2D eigenvalue weighted by Crippen LogP contribution is -2.33. The summed E-state index contributed by atoms with van der Waals surface area (Å²) >= 11 is 3.12. The van der Waals surface area contributed by atoms with Gasteiger partial charge in [-0.2, -0.15) is 0 Å². The first-order valence-corrected chi connectivity index (χ1v) is 6.24. The second-order valence-electron chi connectivity index (χ2n) is 4.26. The van der Waals surface area contributed by atoms with E-state index in [1.165, 1.54) is 0 Å². The molecule has 0 radical (unpaired) electrons. The molecule has 3 N–H and O–H groups in total. The number of furan rings is 1. The van der Waals surface area contributed by atoms with Crippen molar-refractivity contribution in [3.05, 3.63) is 22.6 Å². The molecule has 0 aliphatic heterocycles. The Morgan fingerprint density at radius 1 is 1.53 bits per heavy atom. The number of rotatable bonds is 3. The minimum absolute atomic E-state index is 0.0557. The van der Waals surface area contributed by atoms with Crippen molar-refractivity contribution in [3.8, 4) is 0 Å². The van der Waals surface area contributed by atoms with Crippen molar-refractivity contribution in [1.82, 2.24) is 5.32 Å². The number of hydrogen-bond acceptors (Lipinski definition) is 4. The number of aliphatic hydroxyl groups excluding tert-OH is 2. The van der Waals surface area contributed by atoms with E-state index in [1.807, 2.05) is 0 Å². The van der Waals surface area contributed by atoms with Crippen LogP contribution in [-0.4, -0.2) is 34.9 Å². The molecule has 1 aliphatic rings. The van der Waals surface area contributed by atoms with Crippen molar-refractivity contribution >= 4 is 21.8 Å². The highest BCUT2D eigenvalue weighted by Gasteiger charge is 2.33. The summed E-state index contributed by atoms with van der Waals surface area (Å²) in [6, 6.07) is 3.11. The zero-order chi connectivity index (χ0) is 12.4. The molecule has 1 aliphatic carbocycles. The Bertz CT molecular complexity index is 406. The molecule has 5 nitrogen and oxygen atoms in total. The molecular weight excluding hydrogens is 290 g/mol. The van der Waals surface area contributed by atoms with E-state index >= 15 is 0 Å². The van der Waals surface area contributed by atoms with Gasteiger partial charge in [0.05, 0.1) is 6.10 Å². The number of aliphatic hydroxyl groups is 2. The van der Waals surface area contributed by atoms with E-state index in [0.29, 0.717) is 17.5 Å². The van der Waals surface area contributed by atoms with Gasteiger partial charge >= 0.3 is 0 Å². The third kappa shape index (κ3) is 2.88. The van der Waals surface area contributed by atoms with Crippen LogP contribution in [0.15, 0.2) is 21.2 Å². The minimum Gasteiger partial charge on any atom is -0.444 e. The quantitative estimate of drug-likeness (QED) is 0.775. The summed E-state index contributed by atoms with van der Waals surface area (Å²) in [7, 11) is 0. The summed E-state index contributed by atoms with van der Waals surface area (Å²) in [5, 5.41) is 21.4. The van der Waals surface area contributed by atoms with Gasteiger partial charge in [0.1, 0.15) is 0 Å². The summed E-state index contributed by atoms with van der Waals surface area (Å²) in [5.41, 5.74) is 0. The average Bonchev–Trinajstić information content (AvgIpc) is 2.85. The van der Waals surface area contributed by atoms with Crippen LogP contribution < -0.4 is 5.32 Å². The first-order chi connectivity index (χ1) is 8.10. The van der Waals surface area contributed by atoms with Crippen LogP contribution in [0.1, 0.15) is 23.4 Å². The van der Waals surface area contributed by atoms with Crippen molar-refractivity contribution in [3.63, 3.8) is 0 Å². The molecule has 17 heavy (non-hydrogen) atoms. The Balaban J connectivity index is 1.92. The summed E-state index contributed by atoms with van der Waals surface area (Å²) < 4.78 is 5.63. The van der Waals surface area contributed by atoms with E-state index in [-0.39, 0.29) is 30.2 Å². The van der Waals surface area contributed by atoms with Crippen LogP contribution >= 0.6 is 15.9 Å². The van der Waals surface area contributed by atoms with Gasteiger partial charge in [-0.1, -0.05) is 0 Å². The van der Waals surface area contributed by atoms with E-state index in [9.17, 15) is 9.90 Å². The van der Waals surface area contributed by atoms with Crippen LogP contribution in [0.25, 0.3) is 0 Å². The molecular formula is C11H14BrNO4. The first-order valence-electron chi connectivity index (χ1n) is 5.45. The van der Waals surface area contributed by atoms with Crippen molar-refractivity contribution < 1.29 is 19.4 Å². The fraction of sp³-hybridized carbons (Fsp3) is 0.545. The molecule has 1 saturated carbocycles. The van der Waals surface area contributed by atoms with Crippen molar-refractivity contribution in [2.45, 2.75) is 25.0 Å². The number of halogens is 1. The molecule has 0 saturated heterocycles. The Hall–Kier alpha value is -0.850. The lowest BCUT2D eigenvalue weighted by atomic mass is 10.1. The molecule has 1 aromatic heterocycles. The average molecular weight is 304 g/mol. The predicted octanol–water partition coefficient (Wildman–Crippen LogP) is 0.904. The second-order valence-corrected chi connectivity index (χ2v) is 5.04.